The van der Waals surface area contributed by atoms with Crippen molar-refractivity contribution in [1.82, 2.24) is 20.0 Å². The van der Waals surface area contributed by atoms with Gasteiger partial charge in [-0.3, -0.25) is 9.59 Å². The predicted molar refractivity (Wildman–Crippen MR) is 97.9 cm³/mol. The number of benzene rings is 1. The van der Waals surface area contributed by atoms with Gasteiger partial charge in [0.2, 0.25) is 11.8 Å². The Morgan fingerprint density at radius 2 is 2.00 bits per heavy atom. The Bertz CT molecular complexity index is 783. The van der Waals surface area contributed by atoms with Gasteiger partial charge in [0.25, 0.3) is 0 Å². The maximum Gasteiger partial charge on any atom is 0.243 e. The van der Waals surface area contributed by atoms with Crippen molar-refractivity contribution in [1.29, 1.82) is 0 Å². The standard InChI is InChI=1S/C19H23N5O2/c25-17(13-20-18(26)19-7-1-10-23(14-19)12-8-19)22-15-3-5-16(6-4-15)24-11-2-9-21-24/h2-6,9,11H,1,7-8,10,12-14H2,(H,20,26)(H,22,25). The zero-order valence-electron chi connectivity index (χ0n) is 14.6. The highest BCUT2D eigenvalue weighted by atomic mass is 16.2. The molecule has 1 aromatic carbocycles. The molecule has 7 heteroatoms. The molecule has 2 unspecified atom stereocenters. The van der Waals surface area contributed by atoms with E-state index in [4.69, 9.17) is 0 Å². The van der Waals surface area contributed by atoms with E-state index in [-0.39, 0.29) is 23.8 Å². The number of rotatable bonds is 5. The fraction of sp³-hybridized carbons (Fsp3) is 0.421. The summed E-state index contributed by atoms with van der Waals surface area (Å²) in [5.41, 5.74) is 1.33. The molecule has 0 saturated carbocycles. The van der Waals surface area contributed by atoms with Gasteiger partial charge in [0.05, 0.1) is 17.6 Å². The minimum Gasteiger partial charge on any atom is -0.347 e. The zero-order chi connectivity index (χ0) is 18.0. The summed E-state index contributed by atoms with van der Waals surface area (Å²) in [5.74, 6) is -0.198. The first kappa shape index (κ1) is 16.8. The van der Waals surface area contributed by atoms with Crippen LogP contribution >= 0.6 is 0 Å². The summed E-state index contributed by atoms with van der Waals surface area (Å²) in [6.45, 7) is 2.91. The molecule has 2 aromatic rings. The van der Waals surface area contributed by atoms with E-state index in [1.165, 1.54) is 0 Å². The highest BCUT2D eigenvalue weighted by Gasteiger charge is 2.46. The molecular formula is C19H23N5O2. The number of carbonyl (C=O) groups is 2. The third-order valence-electron chi connectivity index (χ3n) is 5.37. The van der Waals surface area contributed by atoms with Gasteiger partial charge >= 0.3 is 0 Å². The topological polar surface area (TPSA) is 79.3 Å². The van der Waals surface area contributed by atoms with Crippen LogP contribution < -0.4 is 10.6 Å². The number of piperidine rings is 1. The van der Waals surface area contributed by atoms with Crippen LogP contribution in [0, 0.1) is 5.41 Å². The lowest BCUT2D eigenvalue weighted by Gasteiger charge is -2.32. The minimum absolute atomic E-state index is 0.00148. The lowest BCUT2D eigenvalue weighted by Crippen LogP contribution is -2.47. The van der Waals surface area contributed by atoms with Gasteiger partial charge < -0.3 is 15.5 Å². The van der Waals surface area contributed by atoms with Crippen LogP contribution in [0.25, 0.3) is 5.69 Å². The Labute approximate surface area is 152 Å². The molecule has 136 valence electrons. The van der Waals surface area contributed by atoms with E-state index in [0.29, 0.717) is 5.69 Å². The molecule has 0 radical (unpaired) electrons. The quantitative estimate of drug-likeness (QED) is 0.852. The van der Waals surface area contributed by atoms with Crippen LogP contribution in [0.15, 0.2) is 42.7 Å². The Morgan fingerprint density at radius 1 is 1.15 bits per heavy atom. The van der Waals surface area contributed by atoms with Crippen molar-refractivity contribution in [3.8, 4) is 5.69 Å². The normalized spacial score (nSPS) is 24.2. The maximum atomic E-state index is 12.6. The van der Waals surface area contributed by atoms with Gasteiger partial charge in [-0.15, -0.1) is 0 Å². The lowest BCUT2D eigenvalue weighted by molar-refractivity contribution is -0.133. The van der Waals surface area contributed by atoms with E-state index < -0.39 is 0 Å². The van der Waals surface area contributed by atoms with Crippen LogP contribution in [-0.4, -0.2) is 52.7 Å². The fourth-order valence-corrected chi connectivity index (χ4v) is 3.97. The molecule has 2 fully saturated rings. The molecule has 7 nitrogen and oxygen atoms in total. The summed E-state index contributed by atoms with van der Waals surface area (Å²) < 4.78 is 1.75. The Hall–Kier alpha value is -2.67. The van der Waals surface area contributed by atoms with Crippen molar-refractivity contribution in [3.63, 3.8) is 0 Å². The molecule has 26 heavy (non-hydrogen) atoms. The van der Waals surface area contributed by atoms with Crippen LogP contribution in [0.5, 0.6) is 0 Å². The van der Waals surface area contributed by atoms with Crippen molar-refractivity contribution in [2.24, 2.45) is 5.41 Å². The second kappa shape index (κ2) is 6.92. The number of nitrogens with zero attached hydrogens (tertiary/aromatic N) is 3. The van der Waals surface area contributed by atoms with Gasteiger partial charge in [0.1, 0.15) is 0 Å². The highest BCUT2D eigenvalue weighted by molar-refractivity contribution is 5.95. The number of anilines is 1. The molecule has 2 atom stereocenters. The molecule has 0 spiro atoms. The largest absolute Gasteiger partial charge is 0.347 e. The molecule has 2 saturated heterocycles. The number of hydrogen-bond acceptors (Lipinski definition) is 4. The van der Waals surface area contributed by atoms with Crippen molar-refractivity contribution >= 4 is 17.5 Å². The maximum absolute atomic E-state index is 12.6. The van der Waals surface area contributed by atoms with Crippen LogP contribution in [0.4, 0.5) is 5.69 Å². The number of nitrogens with one attached hydrogen (secondary N) is 2. The first-order chi connectivity index (χ1) is 12.6. The Morgan fingerprint density at radius 3 is 2.77 bits per heavy atom. The number of aromatic nitrogens is 2. The van der Waals surface area contributed by atoms with Crippen molar-refractivity contribution in [3.05, 3.63) is 42.7 Å². The second-order valence-electron chi connectivity index (χ2n) is 7.14. The molecule has 2 aliphatic heterocycles. The van der Waals surface area contributed by atoms with Gasteiger partial charge in [-0.05, 0) is 62.7 Å². The lowest BCUT2D eigenvalue weighted by atomic mass is 9.80. The average molecular weight is 353 g/mol. The molecule has 1 aromatic heterocycles. The summed E-state index contributed by atoms with van der Waals surface area (Å²) in [5, 5.41) is 9.82. The Balaban J connectivity index is 1.29. The van der Waals surface area contributed by atoms with Gasteiger partial charge in [-0.25, -0.2) is 4.68 Å². The van der Waals surface area contributed by atoms with Crippen molar-refractivity contribution < 1.29 is 9.59 Å². The monoisotopic (exact) mass is 353 g/mol. The van der Waals surface area contributed by atoms with E-state index in [2.05, 4.69) is 20.6 Å². The van der Waals surface area contributed by atoms with E-state index in [1.54, 1.807) is 10.9 Å². The molecule has 2 bridgehead atoms. The average Bonchev–Trinajstić information content (AvgIpc) is 3.29. The van der Waals surface area contributed by atoms with E-state index >= 15 is 0 Å². The number of amides is 2. The molecular weight excluding hydrogens is 330 g/mol. The minimum atomic E-state index is -0.288. The summed E-state index contributed by atoms with van der Waals surface area (Å²) >= 11 is 0. The zero-order valence-corrected chi connectivity index (χ0v) is 14.6. The van der Waals surface area contributed by atoms with E-state index in [1.807, 2.05) is 36.5 Å². The first-order valence-corrected chi connectivity index (χ1v) is 9.05. The van der Waals surface area contributed by atoms with E-state index in [0.717, 1.165) is 44.6 Å². The molecule has 2 N–H and O–H groups in total. The van der Waals surface area contributed by atoms with E-state index in [9.17, 15) is 9.59 Å². The summed E-state index contributed by atoms with van der Waals surface area (Å²) in [6.07, 6.45) is 6.45. The third kappa shape index (κ3) is 3.35. The smallest absolute Gasteiger partial charge is 0.243 e. The molecule has 4 rings (SSSR count). The van der Waals surface area contributed by atoms with Crippen LogP contribution in [0.2, 0.25) is 0 Å². The predicted octanol–water partition coefficient (Wildman–Crippen LogP) is 1.41. The van der Waals surface area contributed by atoms with Gasteiger partial charge in [-0.1, -0.05) is 0 Å². The SMILES string of the molecule is O=C(CNC(=O)C12CCCN(CC1)C2)Nc1ccc(-n2cccn2)cc1. The molecule has 0 aliphatic carbocycles. The number of carbonyl (C=O) groups excluding carboxylic acids is 2. The first-order valence-electron chi connectivity index (χ1n) is 9.05. The summed E-state index contributed by atoms with van der Waals surface area (Å²) in [6, 6.07) is 9.27. The van der Waals surface area contributed by atoms with Crippen molar-refractivity contribution in [2.45, 2.75) is 19.3 Å². The summed E-state index contributed by atoms with van der Waals surface area (Å²) in [4.78, 5) is 27.1. The molecule has 2 aliphatic rings. The Kier molecular flexibility index (Phi) is 4.46. The van der Waals surface area contributed by atoms with Crippen LogP contribution in [0.1, 0.15) is 19.3 Å². The number of hydrogen-bond donors (Lipinski definition) is 2. The van der Waals surface area contributed by atoms with Gasteiger partial charge in [0, 0.05) is 24.6 Å². The van der Waals surface area contributed by atoms with Gasteiger partial charge in [-0.2, -0.15) is 5.10 Å². The number of fused-ring (bicyclic) bond motifs is 2. The van der Waals surface area contributed by atoms with Crippen LogP contribution in [-0.2, 0) is 9.59 Å². The molecule has 2 amide bonds. The van der Waals surface area contributed by atoms with Gasteiger partial charge in [0.15, 0.2) is 0 Å². The van der Waals surface area contributed by atoms with Crippen molar-refractivity contribution in [2.75, 3.05) is 31.5 Å². The molecule has 3 heterocycles. The fourth-order valence-electron chi connectivity index (χ4n) is 3.97. The highest BCUT2D eigenvalue weighted by Crippen LogP contribution is 2.39. The van der Waals surface area contributed by atoms with Crippen LogP contribution in [0.3, 0.4) is 0 Å². The summed E-state index contributed by atoms with van der Waals surface area (Å²) in [7, 11) is 0. The third-order valence-corrected chi connectivity index (χ3v) is 5.37. The second-order valence-corrected chi connectivity index (χ2v) is 7.14.